The van der Waals surface area contributed by atoms with Crippen molar-refractivity contribution in [2.24, 2.45) is 11.3 Å². The van der Waals surface area contributed by atoms with Crippen molar-refractivity contribution in [1.29, 1.82) is 0 Å². The molecule has 1 aromatic rings. The Hall–Kier alpha value is -1.28. The lowest BCUT2D eigenvalue weighted by atomic mass is 9.68. The first-order chi connectivity index (χ1) is 10.8. The first-order valence-corrected chi connectivity index (χ1v) is 9.01. The van der Waals surface area contributed by atoms with E-state index in [2.05, 4.69) is 50.8 Å². The average Bonchev–Trinajstić information content (AvgIpc) is 2.99. The summed E-state index contributed by atoms with van der Waals surface area (Å²) in [6.07, 6.45) is 4.77. The van der Waals surface area contributed by atoms with E-state index in [1.807, 2.05) is 6.92 Å². The van der Waals surface area contributed by atoms with Gasteiger partial charge in [-0.05, 0) is 68.8 Å². The van der Waals surface area contributed by atoms with Gasteiger partial charge >= 0.3 is 0 Å². The van der Waals surface area contributed by atoms with Crippen LogP contribution in [0.25, 0.3) is 0 Å². The van der Waals surface area contributed by atoms with Crippen molar-refractivity contribution in [2.75, 3.05) is 13.1 Å². The van der Waals surface area contributed by atoms with E-state index in [4.69, 9.17) is 0 Å². The maximum absolute atomic E-state index is 10.2. The number of allylic oxidation sites excluding steroid dienone is 1. The van der Waals surface area contributed by atoms with Crippen LogP contribution in [0, 0.1) is 18.3 Å². The number of piperidine rings is 1. The second kappa shape index (κ2) is 4.63. The van der Waals surface area contributed by atoms with E-state index in [0.29, 0.717) is 17.2 Å². The van der Waals surface area contributed by atoms with Crippen molar-refractivity contribution in [3.63, 3.8) is 0 Å². The molecule has 1 saturated carbocycles. The zero-order chi connectivity index (χ0) is 16.6. The molecule has 1 aliphatic heterocycles. The Morgan fingerprint density at radius 3 is 2.83 bits per heavy atom. The van der Waals surface area contributed by atoms with Gasteiger partial charge in [0.05, 0.1) is 0 Å². The van der Waals surface area contributed by atoms with Crippen molar-refractivity contribution < 1.29 is 5.11 Å². The van der Waals surface area contributed by atoms with Crippen molar-refractivity contribution >= 4 is 0 Å². The van der Waals surface area contributed by atoms with Crippen LogP contribution in [-0.4, -0.2) is 29.1 Å². The Morgan fingerprint density at radius 1 is 1.39 bits per heavy atom. The first kappa shape index (κ1) is 15.3. The SMILES string of the molecule is CC(C)=CCN1CC[C@]2(C)c3cc(O)c(C)cc3CC23[C@H](C)[C@@H]13. The van der Waals surface area contributed by atoms with E-state index in [0.717, 1.165) is 18.0 Å². The molecule has 23 heavy (non-hydrogen) atoms. The van der Waals surface area contributed by atoms with Gasteiger partial charge in [0, 0.05) is 23.4 Å². The molecule has 124 valence electrons. The quantitative estimate of drug-likeness (QED) is 0.828. The Balaban J connectivity index is 1.73. The van der Waals surface area contributed by atoms with Crippen LogP contribution >= 0.6 is 0 Å². The highest BCUT2D eigenvalue weighted by molar-refractivity contribution is 5.54. The predicted octanol–water partition coefficient (Wildman–Crippen LogP) is 4.19. The molecule has 2 fully saturated rings. The number of aryl methyl sites for hydroxylation is 1. The van der Waals surface area contributed by atoms with E-state index in [-0.39, 0.29) is 5.41 Å². The van der Waals surface area contributed by atoms with Crippen LogP contribution in [0.1, 0.15) is 50.8 Å². The summed E-state index contributed by atoms with van der Waals surface area (Å²) in [4.78, 5) is 2.71. The molecule has 3 aliphatic rings. The summed E-state index contributed by atoms with van der Waals surface area (Å²) in [6.45, 7) is 13.6. The molecule has 1 N–H and O–H groups in total. The number of benzene rings is 1. The standard InChI is InChI=1S/C21H29NO/c1-13(2)6-8-22-9-7-20(5)17-11-18(23)14(3)10-16(17)12-21(20)15(4)19(21)22/h6,10-11,15,19,23H,7-9,12H2,1-5H3/t15-,19-,20-,21?/m1/s1. The van der Waals surface area contributed by atoms with E-state index in [9.17, 15) is 5.11 Å². The summed E-state index contributed by atoms with van der Waals surface area (Å²) in [6, 6.07) is 5.02. The summed E-state index contributed by atoms with van der Waals surface area (Å²) < 4.78 is 0. The number of phenols is 1. The molecule has 1 spiro atoms. The predicted molar refractivity (Wildman–Crippen MR) is 94.9 cm³/mol. The molecule has 2 heteroatoms. The monoisotopic (exact) mass is 311 g/mol. The largest absolute Gasteiger partial charge is 0.508 e. The van der Waals surface area contributed by atoms with E-state index >= 15 is 0 Å². The molecule has 1 saturated heterocycles. The van der Waals surface area contributed by atoms with Gasteiger partial charge in [-0.25, -0.2) is 0 Å². The number of phenolic OH excluding ortho intramolecular Hbond substituents is 1. The second-order valence-electron chi connectivity index (χ2n) is 8.61. The lowest BCUT2D eigenvalue weighted by Crippen LogP contribution is -2.46. The third-order valence-corrected chi connectivity index (χ3v) is 7.26. The fraction of sp³-hybridized carbons (Fsp3) is 0.619. The normalized spacial score (nSPS) is 37.8. The molecule has 2 nitrogen and oxygen atoms in total. The smallest absolute Gasteiger partial charge is 0.118 e. The number of fused-ring (bicyclic) bond motifs is 2. The zero-order valence-corrected chi connectivity index (χ0v) is 15.1. The maximum atomic E-state index is 10.2. The minimum atomic E-state index is 0.235. The molecule has 4 atom stereocenters. The first-order valence-electron chi connectivity index (χ1n) is 9.01. The van der Waals surface area contributed by atoms with Crippen LogP contribution in [0.4, 0.5) is 0 Å². The highest BCUT2D eigenvalue weighted by Crippen LogP contribution is 2.74. The molecular formula is C21H29NO. The highest BCUT2D eigenvalue weighted by atomic mass is 16.3. The summed E-state index contributed by atoms with van der Waals surface area (Å²) >= 11 is 0. The van der Waals surface area contributed by atoms with Crippen molar-refractivity contribution in [1.82, 2.24) is 4.90 Å². The van der Waals surface area contributed by atoms with Gasteiger partial charge in [0.1, 0.15) is 5.75 Å². The number of likely N-dealkylation sites (tertiary alicyclic amines) is 1. The molecule has 1 aromatic carbocycles. The number of nitrogens with zero attached hydrogens (tertiary/aromatic N) is 1. The molecule has 0 amide bonds. The van der Waals surface area contributed by atoms with Crippen LogP contribution in [0.3, 0.4) is 0 Å². The summed E-state index contributed by atoms with van der Waals surface area (Å²) in [5.41, 5.74) is 5.98. The van der Waals surface area contributed by atoms with Crippen molar-refractivity contribution in [2.45, 2.75) is 58.9 Å². The van der Waals surface area contributed by atoms with E-state index in [1.54, 1.807) is 0 Å². The zero-order valence-electron chi connectivity index (χ0n) is 15.1. The van der Waals surface area contributed by atoms with Crippen LogP contribution < -0.4 is 0 Å². The lowest BCUT2D eigenvalue weighted by Gasteiger charge is -2.42. The van der Waals surface area contributed by atoms with Gasteiger partial charge in [-0.1, -0.05) is 31.6 Å². The topological polar surface area (TPSA) is 23.5 Å². The number of hydrogen-bond donors (Lipinski definition) is 1. The van der Waals surface area contributed by atoms with Crippen molar-refractivity contribution in [3.05, 3.63) is 40.5 Å². The minimum Gasteiger partial charge on any atom is -0.508 e. The number of aromatic hydroxyl groups is 1. The second-order valence-corrected chi connectivity index (χ2v) is 8.61. The van der Waals surface area contributed by atoms with Gasteiger partial charge in [-0.2, -0.15) is 0 Å². The molecule has 4 rings (SSSR count). The molecule has 1 unspecified atom stereocenters. The van der Waals surface area contributed by atoms with Gasteiger partial charge in [-0.3, -0.25) is 4.90 Å². The molecule has 2 aliphatic carbocycles. The fourth-order valence-electron chi connectivity index (χ4n) is 5.90. The molecular weight excluding hydrogens is 282 g/mol. The molecule has 0 radical (unpaired) electrons. The fourth-order valence-corrected chi connectivity index (χ4v) is 5.90. The lowest BCUT2D eigenvalue weighted by molar-refractivity contribution is 0.118. The molecule has 0 aromatic heterocycles. The third kappa shape index (κ3) is 1.79. The van der Waals surface area contributed by atoms with E-state index < -0.39 is 0 Å². The van der Waals surface area contributed by atoms with Crippen LogP contribution in [0.15, 0.2) is 23.8 Å². The molecule has 1 heterocycles. The number of rotatable bonds is 2. The molecule has 0 bridgehead atoms. The van der Waals surface area contributed by atoms with Gasteiger partial charge in [-0.15, -0.1) is 0 Å². The van der Waals surface area contributed by atoms with E-state index in [1.165, 1.54) is 36.1 Å². The minimum absolute atomic E-state index is 0.235. The third-order valence-electron chi connectivity index (χ3n) is 7.26. The Morgan fingerprint density at radius 2 is 2.13 bits per heavy atom. The highest BCUT2D eigenvalue weighted by Gasteiger charge is 2.76. The summed E-state index contributed by atoms with van der Waals surface area (Å²) in [7, 11) is 0. The van der Waals surface area contributed by atoms with Gasteiger partial charge in [0.25, 0.3) is 0 Å². The Bertz CT molecular complexity index is 702. The van der Waals surface area contributed by atoms with Crippen molar-refractivity contribution in [3.8, 4) is 5.75 Å². The van der Waals surface area contributed by atoms with Gasteiger partial charge in [0.2, 0.25) is 0 Å². The van der Waals surface area contributed by atoms with Crippen LogP contribution in [0.5, 0.6) is 5.75 Å². The Kier molecular flexibility index (Phi) is 3.07. The van der Waals surface area contributed by atoms with Crippen LogP contribution in [-0.2, 0) is 11.8 Å². The van der Waals surface area contributed by atoms with Gasteiger partial charge in [0.15, 0.2) is 0 Å². The summed E-state index contributed by atoms with van der Waals surface area (Å²) in [5, 5.41) is 10.2. The maximum Gasteiger partial charge on any atom is 0.118 e. The number of hydrogen-bond acceptors (Lipinski definition) is 2. The van der Waals surface area contributed by atoms with Crippen LogP contribution in [0.2, 0.25) is 0 Å². The van der Waals surface area contributed by atoms with Gasteiger partial charge < -0.3 is 5.11 Å². The Labute approximate surface area is 140 Å². The summed E-state index contributed by atoms with van der Waals surface area (Å²) in [5.74, 6) is 1.22. The average molecular weight is 311 g/mol.